The molecular weight excluding hydrogens is 362 g/mol. The van der Waals surface area contributed by atoms with E-state index < -0.39 is 23.7 Å². The third kappa shape index (κ3) is 6.50. The molecule has 7 nitrogen and oxygen atoms in total. The van der Waals surface area contributed by atoms with Crippen LogP contribution in [0.15, 0.2) is 59.1 Å². The van der Waals surface area contributed by atoms with Crippen LogP contribution in [0.25, 0.3) is 0 Å². The number of nitrogens with zero attached hydrogens (tertiary/aromatic N) is 1. The van der Waals surface area contributed by atoms with E-state index in [4.69, 9.17) is 14.2 Å². The molecule has 0 amide bonds. The number of para-hydroxylation sites is 1. The van der Waals surface area contributed by atoms with Gasteiger partial charge in [0.1, 0.15) is 5.57 Å². The van der Waals surface area contributed by atoms with Crippen LogP contribution < -0.4 is 0 Å². The summed E-state index contributed by atoms with van der Waals surface area (Å²) in [4.78, 5) is 40.0. The fourth-order valence-electron chi connectivity index (χ4n) is 2.38. The van der Waals surface area contributed by atoms with Gasteiger partial charge in [-0.25, -0.2) is 9.59 Å². The van der Waals surface area contributed by atoms with E-state index in [1.54, 1.807) is 25.3 Å². The van der Waals surface area contributed by atoms with Crippen LogP contribution in [-0.2, 0) is 28.6 Å². The molecule has 7 heteroatoms. The summed E-state index contributed by atoms with van der Waals surface area (Å²) >= 11 is 0. The highest BCUT2D eigenvalue weighted by Crippen LogP contribution is 2.27. The average Bonchev–Trinajstić information content (AvgIpc) is 2.66. The highest BCUT2D eigenvalue weighted by atomic mass is 16.7. The zero-order valence-electron chi connectivity index (χ0n) is 15.9. The number of carbonyl (C=O) groups excluding carboxylic acids is 3. The van der Waals surface area contributed by atoms with Crippen molar-refractivity contribution in [3.05, 3.63) is 54.1 Å². The molecular formula is C21H23NO6. The predicted octanol–water partition coefficient (Wildman–Crippen LogP) is 3.42. The van der Waals surface area contributed by atoms with E-state index in [0.717, 1.165) is 5.69 Å². The van der Waals surface area contributed by atoms with Crippen LogP contribution in [-0.4, -0.2) is 36.5 Å². The Hall–Kier alpha value is -3.22. The number of allylic oxidation sites excluding steroid dienone is 3. The first-order chi connectivity index (χ1) is 13.4. The van der Waals surface area contributed by atoms with Gasteiger partial charge in [-0.1, -0.05) is 30.4 Å². The summed E-state index contributed by atoms with van der Waals surface area (Å²) in [5.41, 5.74) is 0.639. The maximum Gasteiger partial charge on any atom is 0.348 e. The molecule has 0 saturated carbocycles. The molecule has 1 saturated heterocycles. The van der Waals surface area contributed by atoms with E-state index in [1.807, 2.05) is 30.3 Å². The molecule has 1 aromatic carbocycles. The maximum absolute atomic E-state index is 12.1. The van der Waals surface area contributed by atoms with Gasteiger partial charge >= 0.3 is 17.9 Å². The lowest BCUT2D eigenvalue weighted by Gasteiger charge is -2.33. The number of cyclic esters (lactones) is 2. The van der Waals surface area contributed by atoms with Crippen molar-refractivity contribution in [2.24, 2.45) is 4.99 Å². The lowest BCUT2D eigenvalue weighted by Crippen LogP contribution is -2.44. The number of aliphatic imine (C=N–C) groups is 1. The monoisotopic (exact) mass is 385 g/mol. The van der Waals surface area contributed by atoms with Gasteiger partial charge in [0.2, 0.25) is 0 Å². The van der Waals surface area contributed by atoms with Gasteiger partial charge in [0.25, 0.3) is 5.79 Å². The Labute approximate surface area is 163 Å². The van der Waals surface area contributed by atoms with Gasteiger partial charge in [0.15, 0.2) is 0 Å². The van der Waals surface area contributed by atoms with Crippen LogP contribution in [0.2, 0.25) is 0 Å². The zero-order chi connectivity index (χ0) is 20.4. The summed E-state index contributed by atoms with van der Waals surface area (Å²) < 4.78 is 15.2. The quantitative estimate of drug-likeness (QED) is 0.295. The van der Waals surface area contributed by atoms with Gasteiger partial charge in [-0.3, -0.25) is 9.79 Å². The molecule has 0 atom stereocenters. The number of esters is 3. The smallest absolute Gasteiger partial charge is 0.348 e. The van der Waals surface area contributed by atoms with Gasteiger partial charge in [-0.15, -0.1) is 0 Å². The van der Waals surface area contributed by atoms with Crippen molar-refractivity contribution in [3.8, 4) is 0 Å². The number of rotatable bonds is 8. The number of hydrogen-bond acceptors (Lipinski definition) is 7. The summed E-state index contributed by atoms with van der Waals surface area (Å²) in [6, 6.07) is 9.47. The molecule has 2 rings (SSSR count). The van der Waals surface area contributed by atoms with E-state index in [9.17, 15) is 14.4 Å². The van der Waals surface area contributed by atoms with Gasteiger partial charge in [-0.2, -0.15) is 0 Å². The summed E-state index contributed by atoms with van der Waals surface area (Å²) in [6.45, 7) is 3.39. The maximum atomic E-state index is 12.1. The zero-order valence-corrected chi connectivity index (χ0v) is 15.9. The van der Waals surface area contributed by atoms with Crippen LogP contribution in [0.1, 0.15) is 33.1 Å². The van der Waals surface area contributed by atoms with Crippen molar-refractivity contribution in [3.63, 3.8) is 0 Å². The van der Waals surface area contributed by atoms with E-state index >= 15 is 0 Å². The van der Waals surface area contributed by atoms with Gasteiger partial charge in [0.05, 0.1) is 18.7 Å². The second-order valence-corrected chi connectivity index (χ2v) is 6.11. The molecule has 1 aromatic rings. The molecule has 28 heavy (non-hydrogen) atoms. The Balaban J connectivity index is 1.87. The lowest BCUT2D eigenvalue weighted by atomic mass is 10.1. The van der Waals surface area contributed by atoms with Crippen molar-refractivity contribution in [1.82, 2.24) is 0 Å². The molecule has 0 bridgehead atoms. The molecule has 0 unspecified atom stereocenters. The topological polar surface area (TPSA) is 91.3 Å². The Morgan fingerprint density at radius 2 is 1.86 bits per heavy atom. The van der Waals surface area contributed by atoms with Gasteiger partial charge in [-0.05, 0) is 25.1 Å². The first kappa shape index (κ1) is 21.1. The Morgan fingerprint density at radius 1 is 1.18 bits per heavy atom. The van der Waals surface area contributed by atoms with Crippen LogP contribution in [0.3, 0.4) is 0 Å². The largest absolute Gasteiger partial charge is 0.466 e. The van der Waals surface area contributed by atoms with Crippen LogP contribution in [0.5, 0.6) is 0 Å². The number of hydrogen-bond donors (Lipinski definition) is 0. The van der Waals surface area contributed by atoms with Crippen molar-refractivity contribution >= 4 is 29.8 Å². The highest BCUT2D eigenvalue weighted by Gasteiger charge is 2.42. The predicted molar refractivity (Wildman–Crippen MR) is 103 cm³/mol. The molecule has 1 heterocycles. The van der Waals surface area contributed by atoms with E-state index in [0.29, 0.717) is 6.42 Å². The molecule has 1 fully saturated rings. The van der Waals surface area contributed by atoms with Crippen molar-refractivity contribution in [1.29, 1.82) is 0 Å². The Morgan fingerprint density at radius 3 is 2.50 bits per heavy atom. The third-order valence-corrected chi connectivity index (χ3v) is 3.78. The molecule has 0 aliphatic carbocycles. The van der Waals surface area contributed by atoms with Crippen LogP contribution in [0.4, 0.5) is 5.69 Å². The van der Waals surface area contributed by atoms with Crippen molar-refractivity contribution < 1.29 is 28.6 Å². The normalized spacial score (nSPS) is 19.6. The van der Waals surface area contributed by atoms with Crippen LogP contribution >= 0.6 is 0 Å². The summed E-state index contributed by atoms with van der Waals surface area (Å²) in [7, 11) is 0. The Bertz CT molecular complexity index is 774. The Kier molecular flexibility index (Phi) is 7.68. The van der Waals surface area contributed by atoms with E-state index in [1.165, 1.54) is 13.0 Å². The standard InChI is InChI=1S/C21H23NO6/c1-3-26-18(23)13-14-21(2)27-19(24)17(20(25)28-21)12-8-5-9-15-22-16-10-6-4-7-11-16/h4-8,10-12,15H,3,9,13-14H2,1-2H3. The number of ether oxygens (including phenoxy) is 3. The molecule has 0 N–H and O–H groups in total. The third-order valence-electron chi connectivity index (χ3n) is 3.78. The van der Waals surface area contributed by atoms with Crippen molar-refractivity contribution in [2.45, 2.75) is 38.9 Å². The average molecular weight is 385 g/mol. The molecule has 1 aliphatic heterocycles. The number of carbonyl (C=O) groups is 3. The molecule has 0 radical (unpaired) electrons. The van der Waals surface area contributed by atoms with Crippen LogP contribution in [0, 0.1) is 0 Å². The van der Waals surface area contributed by atoms with E-state index in [-0.39, 0.29) is 25.0 Å². The SMILES string of the molecule is CCOC(=O)CCC1(C)OC(=O)C(=CC=CCC=Nc2ccccc2)C(=O)O1. The first-order valence-corrected chi connectivity index (χ1v) is 9.00. The van der Waals surface area contributed by atoms with Gasteiger partial charge < -0.3 is 14.2 Å². The van der Waals surface area contributed by atoms with E-state index in [2.05, 4.69) is 4.99 Å². The number of benzene rings is 1. The second-order valence-electron chi connectivity index (χ2n) is 6.11. The van der Waals surface area contributed by atoms with Crippen molar-refractivity contribution in [2.75, 3.05) is 6.61 Å². The first-order valence-electron chi connectivity index (χ1n) is 9.00. The second kappa shape index (κ2) is 10.2. The van der Waals surface area contributed by atoms with Gasteiger partial charge in [0, 0.05) is 26.0 Å². The minimum absolute atomic E-state index is 0.0232. The summed E-state index contributed by atoms with van der Waals surface area (Å²) in [5.74, 6) is -3.50. The molecule has 1 aliphatic rings. The lowest BCUT2D eigenvalue weighted by molar-refractivity contribution is -0.231. The minimum atomic E-state index is -1.48. The molecule has 0 spiro atoms. The summed E-state index contributed by atoms with van der Waals surface area (Å²) in [5, 5.41) is 0. The fourth-order valence-corrected chi connectivity index (χ4v) is 2.38. The minimum Gasteiger partial charge on any atom is -0.466 e. The summed E-state index contributed by atoms with van der Waals surface area (Å²) in [6.07, 6.45) is 6.90. The highest BCUT2D eigenvalue weighted by molar-refractivity contribution is 6.15. The fraction of sp³-hybridized carbons (Fsp3) is 0.333. The molecule has 0 aromatic heterocycles. The molecule has 148 valence electrons.